The highest BCUT2D eigenvalue weighted by Gasteiger charge is 2.38. The third kappa shape index (κ3) is 5.14. The van der Waals surface area contributed by atoms with Gasteiger partial charge in [-0.15, -0.1) is 0 Å². The Morgan fingerprint density at radius 2 is 1.97 bits per heavy atom. The van der Waals surface area contributed by atoms with Crippen molar-refractivity contribution in [1.29, 1.82) is 0 Å². The number of aliphatic hydroxyl groups excluding tert-OH is 1. The molecule has 0 spiro atoms. The molecule has 0 bridgehead atoms. The van der Waals surface area contributed by atoms with Crippen molar-refractivity contribution in [3.05, 3.63) is 36.4 Å². The van der Waals surface area contributed by atoms with Crippen molar-refractivity contribution in [3.8, 4) is 11.1 Å². The number of ether oxygens (including phenoxy) is 2. The first-order valence-corrected chi connectivity index (χ1v) is 13.6. The average Bonchev–Trinajstić information content (AvgIpc) is 3.47. The van der Waals surface area contributed by atoms with Crippen molar-refractivity contribution in [2.24, 2.45) is 5.92 Å². The third-order valence-corrected chi connectivity index (χ3v) is 8.48. The molecule has 2 saturated carbocycles. The van der Waals surface area contributed by atoms with E-state index in [0.717, 1.165) is 79.8 Å². The molecule has 1 saturated heterocycles. The topological polar surface area (TPSA) is 110 Å². The molecule has 3 fully saturated rings. The van der Waals surface area contributed by atoms with Crippen LogP contribution in [0.3, 0.4) is 0 Å². The van der Waals surface area contributed by atoms with Crippen LogP contribution in [0, 0.1) is 5.92 Å². The minimum Gasteiger partial charge on any atom is -0.390 e. The lowest BCUT2D eigenvalue weighted by atomic mass is 9.78. The highest BCUT2D eigenvalue weighted by molar-refractivity contribution is 7.22. The largest absolute Gasteiger partial charge is 0.390 e. The summed E-state index contributed by atoms with van der Waals surface area (Å²) in [5, 5.41) is 13.6. The molecule has 10 heteroatoms. The first kappa shape index (κ1) is 23.9. The van der Waals surface area contributed by atoms with E-state index in [0.29, 0.717) is 23.6 Å². The Kier molecular flexibility index (Phi) is 6.94. The monoisotopic (exact) mass is 509 g/mol. The lowest BCUT2D eigenvalue weighted by Gasteiger charge is -2.43. The van der Waals surface area contributed by atoms with E-state index >= 15 is 0 Å². The van der Waals surface area contributed by atoms with E-state index in [2.05, 4.69) is 31.2 Å². The number of carbonyl (C=O) groups excluding carboxylic acids is 1. The molecule has 2 aromatic heterocycles. The number of rotatable bonds is 7. The molecule has 3 aliphatic rings. The quantitative estimate of drug-likeness (QED) is 0.500. The molecular formula is C26H31N5O4S. The van der Waals surface area contributed by atoms with Gasteiger partial charge in [-0.2, -0.15) is 0 Å². The number of thiazole rings is 1. The molecule has 9 nitrogen and oxygen atoms in total. The van der Waals surface area contributed by atoms with Crippen LogP contribution in [0.5, 0.6) is 0 Å². The first-order chi connectivity index (χ1) is 17.6. The molecule has 1 amide bonds. The molecule has 1 aliphatic heterocycles. The number of hydrogen-bond donors (Lipinski definition) is 2. The molecule has 3 heterocycles. The maximum atomic E-state index is 12.7. The van der Waals surface area contributed by atoms with Crippen LogP contribution in [0.2, 0.25) is 0 Å². The molecule has 0 radical (unpaired) electrons. The van der Waals surface area contributed by atoms with Gasteiger partial charge in [0, 0.05) is 43.0 Å². The predicted octanol–water partition coefficient (Wildman–Crippen LogP) is 3.23. The molecule has 190 valence electrons. The van der Waals surface area contributed by atoms with Gasteiger partial charge in [-0.3, -0.25) is 9.69 Å². The van der Waals surface area contributed by atoms with E-state index in [1.807, 2.05) is 12.1 Å². The summed E-state index contributed by atoms with van der Waals surface area (Å²) < 4.78 is 12.2. The molecule has 2 aliphatic carbocycles. The van der Waals surface area contributed by atoms with Crippen LogP contribution in [0.25, 0.3) is 21.3 Å². The molecule has 2 atom stereocenters. The first-order valence-electron chi connectivity index (χ1n) is 12.8. The molecule has 1 aromatic carbocycles. The number of aromatic nitrogens is 3. The van der Waals surface area contributed by atoms with E-state index in [4.69, 9.17) is 9.47 Å². The van der Waals surface area contributed by atoms with E-state index in [-0.39, 0.29) is 24.0 Å². The summed E-state index contributed by atoms with van der Waals surface area (Å²) in [7, 11) is 0. The maximum absolute atomic E-state index is 12.7. The van der Waals surface area contributed by atoms with Gasteiger partial charge in [0.2, 0.25) is 5.91 Å². The lowest BCUT2D eigenvalue weighted by molar-refractivity contribution is -0.125. The highest BCUT2D eigenvalue weighted by Crippen LogP contribution is 2.35. The second-order valence-corrected chi connectivity index (χ2v) is 10.9. The average molecular weight is 510 g/mol. The van der Waals surface area contributed by atoms with Gasteiger partial charge in [0.15, 0.2) is 11.0 Å². The maximum Gasteiger partial charge on any atom is 0.229 e. The van der Waals surface area contributed by atoms with Crippen molar-refractivity contribution in [2.75, 3.05) is 31.6 Å². The molecule has 3 aromatic rings. The summed E-state index contributed by atoms with van der Waals surface area (Å²) >= 11 is 1.49. The molecule has 6 rings (SSSR count). The number of amides is 1. The van der Waals surface area contributed by atoms with Gasteiger partial charge in [-0.1, -0.05) is 17.4 Å². The van der Waals surface area contributed by atoms with Crippen LogP contribution in [0.1, 0.15) is 37.9 Å². The fourth-order valence-corrected chi connectivity index (χ4v) is 6.18. The number of nitrogens with one attached hydrogen (secondary N) is 1. The Labute approximate surface area is 213 Å². The normalized spacial score (nSPS) is 26.7. The van der Waals surface area contributed by atoms with Crippen molar-refractivity contribution in [3.63, 3.8) is 0 Å². The van der Waals surface area contributed by atoms with Crippen molar-refractivity contribution in [2.45, 2.75) is 57.0 Å². The van der Waals surface area contributed by atoms with Crippen molar-refractivity contribution >= 4 is 32.6 Å². The number of nitrogens with zero attached hydrogens (tertiary/aromatic N) is 4. The summed E-state index contributed by atoms with van der Waals surface area (Å²) in [6.07, 6.45) is 7.57. The highest BCUT2D eigenvalue weighted by atomic mass is 32.1. The van der Waals surface area contributed by atoms with Gasteiger partial charge < -0.3 is 19.9 Å². The van der Waals surface area contributed by atoms with Gasteiger partial charge in [0.05, 0.1) is 35.6 Å². The minimum atomic E-state index is -0.384. The molecule has 36 heavy (non-hydrogen) atoms. The van der Waals surface area contributed by atoms with Crippen molar-refractivity contribution in [1.82, 2.24) is 19.9 Å². The van der Waals surface area contributed by atoms with Crippen LogP contribution in [0.15, 0.2) is 30.6 Å². The number of fused-ring (bicyclic) bond motifs is 1. The van der Waals surface area contributed by atoms with Gasteiger partial charge in [0.1, 0.15) is 6.61 Å². The molecule has 2 N–H and O–H groups in total. The van der Waals surface area contributed by atoms with Crippen LogP contribution in [-0.4, -0.2) is 75.4 Å². The summed E-state index contributed by atoms with van der Waals surface area (Å²) in [5.74, 6) is 0.723. The fraction of sp³-hybridized carbons (Fsp3) is 0.538. The zero-order valence-corrected chi connectivity index (χ0v) is 21.0. The number of anilines is 1. The van der Waals surface area contributed by atoms with Crippen molar-refractivity contribution < 1.29 is 19.4 Å². The smallest absolute Gasteiger partial charge is 0.229 e. The second-order valence-electron chi connectivity index (χ2n) is 9.90. The van der Waals surface area contributed by atoms with E-state index in [9.17, 15) is 9.90 Å². The number of morpholine rings is 1. The van der Waals surface area contributed by atoms with Gasteiger partial charge in [-0.25, -0.2) is 15.0 Å². The van der Waals surface area contributed by atoms with Gasteiger partial charge in [0.25, 0.3) is 0 Å². The number of hydrogen-bond acceptors (Lipinski definition) is 9. The summed E-state index contributed by atoms with van der Waals surface area (Å²) in [6.45, 7) is 3.80. The molecular weight excluding hydrogens is 478 g/mol. The van der Waals surface area contributed by atoms with Crippen LogP contribution >= 0.6 is 11.3 Å². The Bertz CT molecular complexity index is 1210. The van der Waals surface area contributed by atoms with E-state index < -0.39 is 0 Å². The van der Waals surface area contributed by atoms with Crippen LogP contribution < -0.4 is 5.32 Å². The standard InChI is InChI=1S/C26H31N5O4S/c32-21-2-1-3-22(21)35-15-24-27-13-18(14-28-24)16-4-5-20-23(12-16)36-26(29-20)30-25(33)17-10-19(11-17)31-6-8-34-9-7-31/h4-5,12-14,17,19,21-22,32H,1-3,6-11,15H2,(H,29,30,33)/t17?,19?,21-,22-/m0/s1. The van der Waals surface area contributed by atoms with Crippen LogP contribution in [0.4, 0.5) is 5.13 Å². The number of benzene rings is 1. The number of aliphatic hydroxyl groups is 1. The third-order valence-electron chi connectivity index (χ3n) is 7.55. The number of carbonyl (C=O) groups is 1. The zero-order valence-electron chi connectivity index (χ0n) is 20.1. The SMILES string of the molecule is O=C(Nc1nc2ccc(-c3cnc(CO[C@H]4CCC[C@@H]4O)nc3)cc2s1)C1CC(N2CCOCC2)C1. The summed E-state index contributed by atoms with van der Waals surface area (Å²) in [4.78, 5) is 28.7. The Morgan fingerprint density at radius 1 is 1.17 bits per heavy atom. The van der Waals surface area contributed by atoms with Gasteiger partial charge in [-0.05, 0) is 49.8 Å². The Morgan fingerprint density at radius 3 is 2.72 bits per heavy atom. The Balaban J connectivity index is 1.05. The second kappa shape index (κ2) is 10.5. The van der Waals surface area contributed by atoms with E-state index in [1.165, 1.54) is 11.3 Å². The van der Waals surface area contributed by atoms with E-state index in [1.54, 1.807) is 12.4 Å². The zero-order chi connectivity index (χ0) is 24.5. The predicted molar refractivity (Wildman–Crippen MR) is 137 cm³/mol. The summed E-state index contributed by atoms with van der Waals surface area (Å²) in [6, 6.07) is 6.52. The minimum absolute atomic E-state index is 0.0528. The van der Waals surface area contributed by atoms with Gasteiger partial charge >= 0.3 is 0 Å². The Hall–Kier alpha value is -2.50. The lowest BCUT2D eigenvalue weighted by Crippen LogP contribution is -2.51. The van der Waals surface area contributed by atoms with Crippen LogP contribution in [-0.2, 0) is 20.9 Å². The fourth-order valence-electron chi connectivity index (χ4n) is 5.27. The molecule has 0 unspecified atom stereocenters. The summed E-state index contributed by atoms with van der Waals surface area (Å²) in [5.41, 5.74) is 2.76.